The van der Waals surface area contributed by atoms with E-state index in [9.17, 15) is 8.42 Å². The fourth-order valence-corrected chi connectivity index (χ4v) is 6.48. The fraction of sp³-hybridized carbons (Fsp3) is 0.161. The van der Waals surface area contributed by atoms with Crippen LogP contribution in [0.2, 0.25) is 0 Å². The van der Waals surface area contributed by atoms with Gasteiger partial charge in [0.15, 0.2) is 0 Å². The molecule has 0 spiro atoms. The van der Waals surface area contributed by atoms with E-state index >= 15 is 0 Å². The standard InChI is InChI=1S/C31H30N2O2S/c1-4-20-32(24(3)29-14-9-12-25-10-5-7-13-30(25)29)22-27-21-26-11-6-8-15-31(26)33(27)36(34,35)28-18-16-23(2)17-19-28/h4-19,21,24H,1,20,22H2,2-3H3. The van der Waals surface area contributed by atoms with E-state index in [0.717, 1.165) is 16.6 Å². The summed E-state index contributed by atoms with van der Waals surface area (Å²) in [6, 6.07) is 31.5. The van der Waals surface area contributed by atoms with E-state index < -0.39 is 10.0 Å². The summed E-state index contributed by atoms with van der Waals surface area (Å²) in [6.07, 6.45) is 1.88. The van der Waals surface area contributed by atoms with Crippen LogP contribution in [-0.2, 0) is 16.6 Å². The van der Waals surface area contributed by atoms with Crippen LogP contribution in [0.1, 0.15) is 29.8 Å². The van der Waals surface area contributed by atoms with Crippen molar-refractivity contribution >= 4 is 31.7 Å². The average Bonchev–Trinajstić information content (AvgIpc) is 3.26. The normalized spacial score (nSPS) is 12.9. The molecule has 5 heteroatoms. The summed E-state index contributed by atoms with van der Waals surface area (Å²) in [5.41, 5.74) is 3.64. The van der Waals surface area contributed by atoms with Gasteiger partial charge in [-0.05, 0) is 54.4 Å². The Hall–Kier alpha value is -3.67. The molecule has 1 unspecified atom stereocenters. The Bertz CT molecular complexity index is 1640. The Morgan fingerprint density at radius 3 is 2.31 bits per heavy atom. The van der Waals surface area contributed by atoms with E-state index in [-0.39, 0.29) is 10.9 Å². The molecule has 182 valence electrons. The maximum Gasteiger partial charge on any atom is 0.268 e. The van der Waals surface area contributed by atoms with Crippen LogP contribution in [-0.4, -0.2) is 23.8 Å². The van der Waals surface area contributed by atoms with Crippen molar-refractivity contribution in [3.05, 3.63) is 127 Å². The molecule has 0 radical (unpaired) electrons. The van der Waals surface area contributed by atoms with Gasteiger partial charge in [0.2, 0.25) is 0 Å². The second-order valence-corrected chi connectivity index (χ2v) is 11.0. The topological polar surface area (TPSA) is 42.3 Å². The van der Waals surface area contributed by atoms with Gasteiger partial charge in [-0.25, -0.2) is 12.4 Å². The Balaban J connectivity index is 1.62. The van der Waals surface area contributed by atoms with Gasteiger partial charge >= 0.3 is 0 Å². The van der Waals surface area contributed by atoms with Gasteiger partial charge in [-0.2, -0.15) is 0 Å². The van der Waals surface area contributed by atoms with Crippen LogP contribution in [0, 0.1) is 6.92 Å². The Kier molecular flexibility index (Phi) is 6.52. The van der Waals surface area contributed by atoms with Crippen LogP contribution in [0.25, 0.3) is 21.7 Å². The Morgan fingerprint density at radius 1 is 0.889 bits per heavy atom. The molecule has 0 aliphatic carbocycles. The lowest BCUT2D eigenvalue weighted by molar-refractivity contribution is 0.223. The Labute approximate surface area is 213 Å². The minimum atomic E-state index is -3.79. The molecule has 4 nitrogen and oxygen atoms in total. The van der Waals surface area contributed by atoms with Gasteiger partial charge < -0.3 is 0 Å². The van der Waals surface area contributed by atoms with Crippen molar-refractivity contribution in [2.45, 2.75) is 31.3 Å². The van der Waals surface area contributed by atoms with Gasteiger partial charge in [-0.1, -0.05) is 84.4 Å². The third kappa shape index (κ3) is 4.36. The number of rotatable bonds is 8. The lowest BCUT2D eigenvalue weighted by Crippen LogP contribution is -2.29. The number of fused-ring (bicyclic) bond motifs is 2. The predicted molar refractivity (Wildman–Crippen MR) is 149 cm³/mol. The highest BCUT2D eigenvalue weighted by molar-refractivity contribution is 7.90. The number of aryl methyl sites for hydroxylation is 1. The van der Waals surface area contributed by atoms with Crippen LogP contribution in [0.5, 0.6) is 0 Å². The van der Waals surface area contributed by atoms with E-state index in [0.29, 0.717) is 18.6 Å². The molecule has 0 aliphatic heterocycles. The van der Waals surface area contributed by atoms with Gasteiger partial charge in [-0.15, -0.1) is 6.58 Å². The van der Waals surface area contributed by atoms with E-state index in [4.69, 9.17) is 0 Å². The quantitative estimate of drug-likeness (QED) is 0.216. The van der Waals surface area contributed by atoms with E-state index in [1.54, 1.807) is 12.1 Å². The number of benzene rings is 4. The zero-order chi connectivity index (χ0) is 25.3. The van der Waals surface area contributed by atoms with Gasteiger partial charge in [0.25, 0.3) is 10.0 Å². The van der Waals surface area contributed by atoms with Crippen LogP contribution in [0.15, 0.2) is 115 Å². The van der Waals surface area contributed by atoms with Gasteiger partial charge in [0.05, 0.1) is 10.4 Å². The van der Waals surface area contributed by atoms with Crippen molar-refractivity contribution in [2.75, 3.05) is 6.54 Å². The minimum Gasteiger partial charge on any atom is -0.287 e. The van der Waals surface area contributed by atoms with Crippen molar-refractivity contribution in [1.82, 2.24) is 8.87 Å². The third-order valence-electron chi connectivity index (χ3n) is 6.85. The maximum absolute atomic E-state index is 13.9. The molecule has 0 saturated heterocycles. The van der Waals surface area contributed by atoms with Crippen molar-refractivity contribution in [3.63, 3.8) is 0 Å². The van der Waals surface area contributed by atoms with Gasteiger partial charge in [0, 0.05) is 30.2 Å². The summed E-state index contributed by atoms with van der Waals surface area (Å²) >= 11 is 0. The van der Waals surface area contributed by atoms with E-state index in [1.807, 2.05) is 61.5 Å². The van der Waals surface area contributed by atoms with Crippen molar-refractivity contribution < 1.29 is 8.42 Å². The van der Waals surface area contributed by atoms with Gasteiger partial charge in [0.1, 0.15) is 0 Å². The lowest BCUT2D eigenvalue weighted by Gasteiger charge is -2.29. The first kappa shape index (κ1) is 24.0. The van der Waals surface area contributed by atoms with Crippen LogP contribution in [0.4, 0.5) is 0 Å². The molecule has 4 aromatic carbocycles. The van der Waals surface area contributed by atoms with Crippen LogP contribution < -0.4 is 0 Å². The predicted octanol–water partition coefficient (Wildman–Crippen LogP) is 7.09. The largest absolute Gasteiger partial charge is 0.287 e. The molecule has 0 saturated carbocycles. The summed E-state index contributed by atoms with van der Waals surface area (Å²) in [5.74, 6) is 0. The lowest BCUT2D eigenvalue weighted by atomic mass is 9.98. The molecule has 0 fully saturated rings. The number of nitrogens with zero attached hydrogens (tertiary/aromatic N) is 2. The fourth-order valence-electron chi connectivity index (χ4n) is 4.94. The van der Waals surface area contributed by atoms with Crippen molar-refractivity contribution in [3.8, 4) is 0 Å². The summed E-state index contributed by atoms with van der Waals surface area (Å²) in [5, 5.41) is 3.30. The summed E-state index contributed by atoms with van der Waals surface area (Å²) in [7, 11) is -3.79. The monoisotopic (exact) mass is 494 g/mol. The highest BCUT2D eigenvalue weighted by Crippen LogP contribution is 2.32. The minimum absolute atomic E-state index is 0.0441. The third-order valence-corrected chi connectivity index (χ3v) is 8.63. The first-order chi connectivity index (χ1) is 17.4. The number of aromatic nitrogens is 1. The number of hydrogen-bond acceptors (Lipinski definition) is 3. The van der Waals surface area contributed by atoms with Crippen molar-refractivity contribution in [2.24, 2.45) is 0 Å². The molecular formula is C31H30N2O2S. The van der Waals surface area contributed by atoms with Gasteiger partial charge in [-0.3, -0.25) is 4.90 Å². The summed E-state index contributed by atoms with van der Waals surface area (Å²) < 4.78 is 29.4. The second kappa shape index (κ2) is 9.76. The second-order valence-electron chi connectivity index (χ2n) is 9.24. The Morgan fingerprint density at radius 2 is 1.56 bits per heavy atom. The summed E-state index contributed by atoms with van der Waals surface area (Å²) in [6.45, 7) is 9.19. The summed E-state index contributed by atoms with van der Waals surface area (Å²) in [4.78, 5) is 2.55. The van der Waals surface area contributed by atoms with Crippen molar-refractivity contribution in [1.29, 1.82) is 0 Å². The van der Waals surface area contributed by atoms with Crippen LogP contribution >= 0.6 is 0 Å². The zero-order valence-electron chi connectivity index (χ0n) is 20.6. The number of hydrogen-bond donors (Lipinski definition) is 0. The molecule has 1 atom stereocenters. The molecule has 1 heterocycles. The highest BCUT2D eigenvalue weighted by atomic mass is 32.2. The highest BCUT2D eigenvalue weighted by Gasteiger charge is 2.26. The number of para-hydroxylation sites is 1. The smallest absolute Gasteiger partial charge is 0.268 e. The first-order valence-electron chi connectivity index (χ1n) is 12.1. The molecule has 0 aliphatic rings. The molecule has 0 amide bonds. The average molecular weight is 495 g/mol. The van der Waals surface area contributed by atoms with E-state index in [2.05, 4.69) is 54.8 Å². The molecule has 5 aromatic rings. The molecule has 0 N–H and O–H groups in total. The molecule has 0 bridgehead atoms. The van der Waals surface area contributed by atoms with Crippen LogP contribution in [0.3, 0.4) is 0 Å². The maximum atomic E-state index is 13.9. The molecule has 5 rings (SSSR count). The van der Waals surface area contributed by atoms with E-state index in [1.165, 1.54) is 20.3 Å². The molecular weight excluding hydrogens is 464 g/mol. The zero-order valence-corrected chi connectivity index (χ0v) is 21.4. The first-order valence-corrected chi connectivity index (χ1v) is 13.6. The molecule has 36 heavy (non-hydrogen) atoms. The molecule has 1 aromatic heterocycles. The SMILES string of the molecule is C=CCN(Cc1cc2ccccc2n1S(=O)(=O)c1ccc(C)cc1)C(C)c1cccc2ccccc12.